The molecule has 1 fully saturated rings. The lowest BCUT2D eigenvalue weighted by atomic mass is 9.95. The second kappa shape index (κ2) is 7.38. The molecule has 2 aromatic rings. The Balaban J connectivity index is 1.62. The summed E-state index contributed by atoms with van der Waals surface area (Å²) in [6.07, 6.45) is 3.66. The molecular formula is C16H19ClN4OS. The molecule has 1 aromatic carbocycles. The Kier molecular flexibility index (Phi) is 5.25. The maximum Gasteiger partial charge on any atom is 0.229 e. The molecule has 1 aliphatic carbocycles. The Hall–Kier alpha value is -1.50. The van der Waals surface area contributed by atoms with Crippen LogP contribution in [0.2, 0.25) is 5.02 Å². The minimum Gasteiger partial charge on any atom is -0.330 e. The Morgan fingerprint density at radius 3 is 3.04 bits per heavy atom. The van der Waals surface area contributed by atoms with Crippen molar-refractivity contribution in [3.05, 3.63) is 39.9 Å². The number of anilines is 1. The van der Waals surface area contributed by atoms with Crippen molar-refractivity contribution < 1.29 is 4.79 Å². The molecule has 5 nitrogen and oxygen atoms in total. The standard InChI is InChI=1S/C16H19ClN4OS/c17-12-5-1-3-10(7-12)8-14-20-21-16(23-14)19-15(22)13-6-2-4-11(13)9-18/h1,3,5,7,11,13H,2,4,6,8-9,18H2,(H,19,21,22)/t11-,13-/m1/s1. The summed E-state index contributed by atoms with van der Waals surface area (Å²) in [5, 5.41) is 13.2. The Morgan fingerprint density at radius 2 is 2.26 bits per heavy atom. The smallest absolute Gasteiger partial charge is 0.229 e. The fraction of sp³-hybridized carbons (Fsp3) is 0.438. The van der Waals surface area contributed by atoms with Gasteiger partial charge in [0.05, 0.1) is 0 Å². The van der Waals surface area contributed by atoms with Gasteiger partial charge in [-0.3, -0.25) is 4.79 Å². The quantitative estimate of drug-likeness (QED) is 0.868. The monoisotopic (exact) mass is 350 g/mol. The number of carbonyl (C=O) groups is 1. The molecule has 7 heteroatoms. The minimum atomic E-state index is 0.000259. The van der Waals surface area contributed by atoms with E-state index < -0.39 is 0 Å². The van der Waals surface area contributed by atoms with E-state index >= 15 is 0 Å². The molecule has 1 aromatic heterocycles. The van der Waals surface area contributed by atoms with E-state index in [1.807, 2.05) is 24.3 Å². The van der Waals surface area contributed by atoms with Crippen LogP contribution in [-0.2, 0) is 11.2 Å². The molecule has 122 valence electrons. The maximum atomic E-state index is 12.4. The van der Waals surface area contributed by atoms with Crippen LogP contribution in [0.1, 0.15) is 29.8 Å². The zero-order valence-corrected chi connectivity index (χ0v) is 14.2. The highest BCUT2D eigenvalue weighted by atomic mass is 35.5. The molecule has 0 unspecified atom stereocenters. The van der Waals surface area contributed by atoms with Crippen molar-refractivity contribution in [1.29, 1.82) is 0 Å². The number of amides is 1. The highest BCUT2D eigenvalue weighted by molar-refractivity contribution is 7.15. The molecule has 0 spiro atoms. The number of benzene rings is 1. The number of halogens is 1. The summed E-state index contributed by atoms with van der Waals surface area (Å²) in [7, 11) is 0. The molecule has 1 amide bonds. The fourth-order valence-corrected chi connectivity index (χ4v) is 4.05. The topological polar surface area (TPSA) is 80.9 Å². The lowest BCUT2D eigenvalue weighted by Crippen LogP contribution is -2.29. The normalized spacial score (nSPS) is 20.6. The second-order valence-corrected chi connectivity index (χ2v) is 7.33. The van der Waals surface area contributed by atoms with Gasteiger partial charge in [0.25, 0.3) is 0 Å². The predicted octanol–water partition coefficient (Wildman–Crippen LogP) is 3.10. The molecule has 0 bridgehead atoms. The van der Waals surface area contributed by atoms with Gasteiger partial charge in [0.2, 0.25) is 11.0 Å². The van der Waals surface area contributed by atoms with E-state index in [1.165, 1.54) is 11.3 Å². The Morgan fingerprint density at radius 1 is 1.39 bits per heavy atom. The number of nitrogens with zero attached hydrogens (tertiary/aromatic N) is 2. The summed E-state index contributed by atoms with van der Waals surface area (Å²) in [6.45, 7) is 0.564. The molecule has 3 N–H and O–H groups in total. The zero-order chi connectivity index (χ0) is 16.2. The largest absolute Gasteiger partial charge is 0.330 e. The van der Waals surface area contributed by atoms with Crippen LogP contribution >= 0.6 is 22.9 Å². The van der Waals surface area contributed by atoms with Gasteiger partial charge in [0, 0.05) is 17.4 Å². The van der Waals surface area contributed by atoms with Crippen LogP contribution in [0.5, 0.6) is 0 Å². The van der Waals surface area contributed by atoms with Crippen LogP contribution in [0.3, 0.4) is 0 Å². The number of nitrogens with one attached hydrogen (secondary N) is 1. The van der Waals surface area contributed by atoms with E-state index in [0.717, 1.165) is 29.8 Å². The molecule has 2 atom stereocenters. The van der Waals surface area contributed by atoms with Crippen LogP contribution < -0.4 is 11.1 Å². The van der Waals surface area contributed by atoms with E-state index in [4.69, 9.17) is 17.3 Å². The van der Waals surface area contributed by atoms with Gasteiger partial charge in [0.1, 0.15) is 5.01 Å². The molecule has 0 saturated heterocycles. The van der Waals surface area contributed by atoms with Gasteiger partial charge in [0.15, 0.2) is 0 Å². The van der Waals surface area contributed by atoms with Gasteiger partial charge in [-0.25, -0.2) is 0 Å². The summed E-state index contributed by atoms with van der Waals surface area (Å²) in [5.74, 6) is 0.303. The van der Waals surface area contributed by atoms with E-state index in [1.54, 1.807) is 0 Å². The van der Waals surface area contributed by atoms with Crippen molar-refractivity contribution in [2.75, 3.05) is 11.9 Å². The number of hydrogen-bond acceptors (Lipinski definition) is 5. The van der Waals surface area contributed by atoms with E-state index in [-0.39, 0.29) is 17.7 Å². The van der Waals surface area contributed by atoms with Crippen LogP contribution in [0.25, 0.3) is 0 Å². The van der Waals surface area contributed by atoms with Crippen LogP contribution in [-0.4, -0.2) is 22.6 Å². The van der Waals surface area contributed by atoms with Crippen molar-refractivity contribution in [3.63, 3.8) is 0 Å². The third kappa shape index (κ3) is 4.07. The Labute approximate surface area is 144 Å². The van der Waals surface area contributed by atoms with Gasteiger partial charge in [-0.1, -0.05) is 41.5 Å². The molecule has 23 heavy (non-hydrogen) atoms. The third-order valence-corrected chi connectivity index (χ3v) is 5.31. The zero-order valence-electron chi connectivity index (χ0n) is 12.7. The first-order valence-corrected chi connectivity index (χ1v) is 8.93. The summed E-state index contributed by atoms with van der Waals surface area (Å²) in [6, 6.07) is 7.65. The van der Waals surface area contributed by atoms with E-state index in [0.29, 0.717) is 23.1 Å². The highest BCUT2D eigenvalue weighted by Crippen LogP contribution is 2.32. The highest BCUT2D eigenvalue weighted by Gasteiger charge is 2.32. The molecular weight excluding hydrogens is 332 g/mol. The maximum absolute atomic E-state index is 12.4. The number of aromatic nitrogens is 2. The first-order valence-electron chi connectivity index (χ1n) is 7.73. The average Bonchev–Trinajstić information content (AvgIpc) is 3.16. The van der Waals surface area contributed by atoms with Crippen molar-refractivity contribution in [1.82, 2.24) is 10.2 Å². The lowest BCUT2D eigenvalue weighted by molar-refractivity contribution is -0.120. The van der Waals surface area contributed by atoms with Gasteiger partial charge in [-0.05, 0) is 43.0 Å². The molecule has 0 radical (unpaired) electrons. The fourth-order valence-electron chi connectivity index (χ4n) is 3.06. The second-order valence-electron chi connectivity index (χ2n) is 5.83. The molecule has 1 aliphatic rings. The third-order valence-electron chi connectivity index (χ3n) is 4.24. The number of rotatable bonds is 5. The summed E-state index contributed by atoms with van der Waals surface area (Å²) in [5.41, 5.74) is 6.82. The summed E-state index contributed by atoms with van der Waals surface area (Å²) in [4.78, 5) is 12.4. The van der Waals surface area contributed by atoms with Crippen molar-refractivity contribution in [2.24, 2.45) is 17.6 Å². The van der Waals surface area contributed by atoms with Crippen LogP contribution in [0, 0.1) is 11.8 Å². The summed E-state index contributed by atoms with van der Waals surface area (Å²) >= 11 is 7.39. The molecule has 3 rings (SSSR count). The molecule has 0 aliphatic heterocycles. The number of hydrogen-bond donors (Lipinski definition) is 2. The van der Waals surface area contributed by atoms with Crippen LogP contribution in [0.4, 0.5) is 5.13 Å². The molecule has 1 heterocycles. The van der Waals surface area contributed by atoms with Crippen molar-refractivity contribution in [2.45, 2.75) is 25.7 Å². The lowest BCUT2D eigenvalue weighted by Gasteiger charge is -2.15. The first kappa shape index (κ1) is 16.4. The van der Waals surface area contributed by atoms with Gasteiger partial charge >= 0.3 is 0 Å². The Bertz CT molecular complexity index is 690. The van der Waals surface area contributed by atoms with E-state index in [9.17, 15) is 4.79 Å². The minimum absolute atomic E-state index is 0.000259. The van der Waals surface area contributed by atoms with Gasteiger partial charge in [-0.15, -0.1) is 10.2 Å². The van der Waals surface area contributed by atoms with Crippen LogP contribution in [0.15, 0.2) is 24.3 Å². The van der Waals surface area contributed by atoms with E-state index in [2.05, 4.69) is 15.5 Å². The number of nitrogens with two attached hydrogens (primary N) is 1. The first-order chi connectivity index (χ1) is 11.2. The van der Waals surface area contributed by atoms with Crippen molar-refractivity contribution >= 4 is 34.0 Å². The van der Waals surface area contributed by atoms with Gasteiger partial charge < -0.3 is 11.1 Å². The van der Waals surface area contributed by atoms with Gasteiger partial charge in [-0.2, -0.15) is 0 Å². The summed E-state index contributed by atoms with van der Waals surface area (Å²) < 4.78 is 0. The molecule has 1 saturated carbocycles. The SMILES string of the molecule is NC[C@H]1CCC[C@H]1C(=O)Nc1nnc(Cc2cccc(Cl)c2)s1. The van der Waals surface area contributed by atoms with Crippen molar-refractivity contribution in [3.8, 4) is 0 Å². The predicted molar refractivity (Wildman–Crippen MR) is 92.7 cm³/mol. The number of carbonyl (C=O) groups excluding carboxylic acids is 1. The average molecular weight is 351 g/mol.